The van der Waals surface area contributed by atoms with Crippen molar-refractivity contribution < 1.29 is 0 Å². The highest BCUT2D eigenvalue weighted by molar-refractivity contribution is 6.22. The van der Waals surface area contributed by atoms with Crippen molar-refractivity contribution in [2.45, 2.75) is 25.7 Å². The van der Waals surface area contributed by atoms with Gasteiger partial charge in [-0.2, -0.15) is 0 Å². The molecule has 0 amide bonds. The van der Waals surface area contributed by atoms with Gasteiger partial charge in [0.1, 0.15) is 0 Å². The average Bonchev–Trinajstić information content (AvgIpc) is 3.07. The number of allylic oxidation sites excluding steroid dienone is 4. The Morgan fingerprint density at radius 2 is 1.14 bits per heavy atom. The van der Waals surface area contributed by atoms with Crippen LogP contribution in [0.2, 0.25) is 0 Å². The van der Waals surface area contributed by atoms with Gasteiger partial charge in [0.15, 0.2) is 0 Å². The van der Waals surface area contributed by atoms with Gasteiger partial charge in [0.05, 0.1) is 0 Å². The number of hydrogen-bond donors (Lipinski definition) is 0. The lowest BCUT2D eigenvalue weighted by atomic mass is 9.81. The van der Waals surface area contributed by atoms with E-state index in [9.17, 15) is 0 Å². The van der Waals surface area contributed by atoms with Gasteiger partial charge in [-0.1, -0.05) is 140 Å². The van der Waals surface area contributed by atoms with Crippen LogP contribution in [0.15, 0.2) is 140 Å². The number of hydrogen-bond acceptors (Lipinski definition) is 0. The number of benzene rings is 6. The van der Waals surface area contributed by atoms with Crippen LogP contribution in [0.25, 0.3) is 61.0 Å². The molecule has 0 aliphatic heterocycles. The molecule has 0 nitrogen and oxygen atoms in total. The van der Waals surface area contributed by atoms with E-state index in [1.807, 2.05) is 0 Å². The molecule has 0 radical (unpaired) electrons. The summed E-state index contributed by atoms with van der Waals surface area (Å²) >= 11 is 0. The van der Waals surface area contributed by atoms with Crippen LogP contribution in [0.3, 0.4) is 0 Å². The Morgan fingerprint density at radius 1 is 0.476 bits per heavy atom. The Morgan fingerprint density at radius 3 is 1.86 bits per heavy atom. The van der Waals surface area contributed by atoms with Crippen molar-refractivity contribution in [3.8, 4) is 22.3 Å². The van der Waals surface area contributed by atoms with Gasteiger partial charge in [0, 0.05) is 0 Å². The zero-order valence-electron chi connectivity index (χ0n) is 23.7. The molecule has 0 unspecified atom stereocenters. The summed E-state index contributed by atoms with van der Waals surface area (Å²) < 4.78 is 0. The van der Waals surface area contributed by atoms with Crippen molar-refractivity contribution in [3.05, 3.63) is 161 Å². The van der Waals surface area contributed by atoms with Gasteiger partial charge in [-0.15, -0.1) is 0 Å². The molecule has 0 heteroatoms. The van der Waals surface area contributed by atoms with Crippen LogP contribution < -0.4 is 10.4 Å². The van der Waals surface area contributed by atoms with Gasteiger partial charge in [-0.05, 0) is 108 Å². The fourth-order valence-electron chi connectivity index (χ4n) is 7.14. The first-order valence-electron chi connectivity index (χ1n) is 15.1. The summed E-state index contributed by atoms with van der Waals surface area (Å²) in [5.41, 5.74) is 10.8. The van der Waals surface area contributed by atoms with Crippen molar-refractivity contribution >= 4 is 38.8 Å². The summed E-state index contributed by atoms with van der Waals surface area (Å²) in [7, 11) is 0. The first-order valence-corrected chi connectivity index (χ1v) is 15.1. The van der Waals surface area contributed by atoms with Crippen LogP contribution in [-0.4, -0.2) is 0 Å². The zero-order valence-corrected chi connectivity index (χ0v) is 23.7. The van der Waals surface area contributed by atoms with Crippen LogP contribution in [0.1, 0.15) is 36.8 Å². The molecule has 0 fully saturated rings. The Labute approximate surface area is 247 Å². The fourth-order valence-corrected chi connectivity index (χ4v) is 7.14. The summed E-state index contributed by atoms with van der Waals surface area (Å²) in [5, 5.41) is 7.95. The summed E-state index contributed by atoms with van der Waals surface area (Å²) in [6.45, 7) is 0. The molecule has 0 saturated carbocycles. The minimum absolute atomic E-state index is 1.06. The van der Waals surface area contributed by atoms with E-state index in [2.05, 4.69) is 146 Å². The Kier molecular flexibility index (Phi) is 6.19. The predicted octanol–water partition coefficient (Wildman–Crippen LogP) is 9.83. The topological polar surface area (TPSA) is 0 Å². The molecule has 2 aliphatic rings. The standard InChI is InChI=1S/C42H32/c1-3-14-29(15-4-1)35-27-26-32(34-25-13-19-30-16-7-8-20-33(30)34)28-40(35)42-38-23-11-9-21-36(38)41(31-17-5-2-6-18-31)37-22-10-12-24-39(37)42/h1-3,5-12,14,16-24,26-28H,4,13,15,25H2. The van der Waals surface area contributed by atoms with Gasteiger partial charge in [-0.25, -0.2) is 0 Å². The lowest BCUT2D eigenvalue weighted by Gasteiger charge is -2.22. The average molecular weight is 537 g/mol. The third-order valence-corrected chi connectivity index (χ3v) is 9.04. The fraction of sp³-hybridized carbons (Fsp3) is 0.0952. The van der Waals surface area contributed by atoms with Gasteiger partial charge < -0.3 is 0 Å². The molecule has 2 aliphatic carbocycles. The van der Waals surface area contributed by atoms with E-state index < -0.39 is 0 Å². The molecule has 0 aromatic heterocycles. The van der Waals surface area contributed by atoms with Crippen molar-refractivity contribution in [1.82, 2.24) is 0 Å². The Balaban J connectivity index is 1.50. The van der Waals surface area contributed by atoms with E-state index in [0.717, 1.165) is 25.7 Å². The summed E-state index contributed by atoms with van der Waals surface area (Å²) in [4.78, 5) is 0. The van der Waals surface area contributed by atoms with Crippen LogP contribution in [0.5, 0.6) is 0 Å². The van der Waals surface area contributed by atoms with Gasteiger partial charge in [-0.3, -0.25) is 0 Å². The van der Waals surface area contributed by atoms with E-state index >= 15 is 0 Å². The molecule has 8 rings (SSSR count). The Hall–Kier alpha value is -4.94. The molecule has 0 N–H and O–H groups in total. The maximum absolute atomic E-state index is 2.50. The first kappa shape index (κ1) is 24.8. The maximum Gasteiger partial charge on any atom is -0.00200 e. The summed E-state index contributed by atoms with van der Waals surface area (Å²) in [6, 6.07) is 45.1. The highest BCUT2D eigenvalue weighted by atomic mass is 14.2. The molecule has 6 aromatic carbocycles. The quantitative estimate of drug-likeness (QED) is 0.197. The maximum atomic E-state index is 2.50. The lowest BCUT2D eigenvalue weighted by molar-refractivity contribution is 1.05. The molecular formula is C42H32. The third-order valence-electron chi connectivity index (χ3n) is 9.04. The summed E-state index contributed by atoms with van der Waals surface area (Å²) in [5.74, 6) is 0. The molecule has 0 heterocycles. The molecule has 42 heavy (non-hydrogen) atoms. The lowest BCUT2D eigenvalue weighted by Crippen LogP contribution is -2.29. The minimum Gasteiger partial charge on any atom is -0.0842 e. The van der Waals surface area contributed by atoms with Crippen LogP contribution in [0.4, 0.5) is 0 Å². The molecule has 200 valence electrons. The second kappa shape index (κ2) is 10.5. The van der Waals surface area contributed by atoms with Crippen LogP contribution >= 0.6 is 0 Å². The predicted molar refractivity (Wildman–Crippen MR) is 181 cm³/mol. The normalized spacial score (nSPS) is 14.5. The van der Waals surface area contributed by atoms with Gasteiger partial charge >= 0.3 is 0 Å². The molecule has 0 atom stereocenters. The second-order valence-corrected chi connectivity index (χ2v) is 11.4. The second-order valence-electron chi connectivity index (χ2n) is 11.4. The first-order chi connectivity index (χ1) is 20.9. The van der Waals surface area contributed by atoms with Crippen LogP contribution in [-0.2, 0) is 0 Å². The van der Waals surface area contributed by atoms with Crippen LogP contribution in [0, 0.1) is 0 Å². The zero-order chi connectivity index (χ0) is 27.9. The third kappa shape index (κ3) is 4.14. The van der Waals surface area contributed by atoms with Crippen molar-refractivity contribution in [3.63, 3.8) is 0 Å². The summed E-state index contributed by atoms with van der Waals surface area (Å²) in [6.07, 6.45) is 13.5. The Bertz CT molecular complexity index is 2120. The monoisotopic (exact) mass is 536 g/mol. The highest BCUT2D eigenvalue weighted by Crippen LogP contribution is 2.46. The SMILES string of the molecule is C1=CCCC(c2ccc(C3=c4ccccc4=CCC3)cc2-c2c3ccccc3c(-c3ccccc3)c3ccccc23)=C1. The van der Waals surface area contributed by atoms with E-state index in [-0.39, 0.29) is 0 Å². The number of fused-ring (bicyclic) bond motifs is 3. The van der Waals surface area contributed by atoms with Crippen molar-refractivity contribution in [2.24, 2.45) is 0 Å². The van der Waals surface area contributed by atoms with Crippen molar-refractivity contribution in [1.29, 1.82) is 0 Å². The molecular weight excluding hydrogens is 504 g/mol. The van der Waals surface area contributed by atoms with E-state index in [0.29, 0.717) is 0 Å². The van der Waals surface area contributed by atoms with E-state index in [1.54, 1.807) is 0 Å². The molecule has 6 aromatic rings. The molecule has 0 bridgehead atoms. The molecule has 0 spiro atoms. The minimum atomic E-state index is 1.06. The highest BCUT2D eigenvalue weighted by Gasteiger charge is 2.21. The van der Waals surface area contributed by atoms with E-state index in [4.69, 9.17) is 0 Å². The number of rotatable bonds is 4. The van der Waals surface area contributed by atoms with Gasteiger partial charge in [0.25, 0.3) is 0 Å². The smallest absolute Gasteiger partial charge is 0.00200 e. The van der Waals surface area contributed by atoms with E-state index in [1.165, 1.54) is 76.5 Å². The molecule has 0 saturated heterocycles. The van der Waals surface area contributed by atoms with Crippen molar-refractivity contribution in [2.75, 3.05) is 0 Å². The largest absolute Gasteiger partial charge is 0.0842 e. The van der Waals surface area contributed by atoms with Gasteiger partial charge in [0.2, 0.25) is 0 Å².